The molecule has 0 saturated heterocycles. The molecule has 1 aromatic rings. The summed E-state index contributed by atoms with van der Waals surface area (Å²) in [7, 11) is 0. The maximum Gasteiger partial charge on any atom is 0.246 e. The molecule has 0 fully saturated rings. The van der Waals surface area contributed by atoms with Crippen molar-refractivity contribution < 1.29 is 9.59 Å². The molecule has 0 aromatic heterocycles. The van der Waals surface area contributed by atoms with E-state index in [1.54, 1.807) is 4.90 Å². The molecule has 0 aliphatic carbocycles. The van der Waals surface area contributed by atoms with Crippen LogP contribution < -0.4 is 10.6 Å². The van der Waals surface area contributed by atoms with E-state index in [1.807, 2.05) is 45.9 Å². The second-order valence-corrected chi connectivity index (χ2v) is 5.41. The van der Waals surface area contributed by atoms with Crippen LogP contribution in [-0.2, 0) is 9.59 Å². The molecule has 2 rings (SSSR count). The molecule has 0 spiro atoms. The maximum atomic E-state index is 12.3. The van der Waals surface area contributed by atoms with E-state index < -0.39 is 12.1 Å². The minimum absolute atomic E-state index is 0.0221. The Bertz CT molecular complexity index is 552. The molecule has 5 heteroatoms. The van der Waals surface area contributed by atoms with Gasteiger partial charge in [0.05, 0.1) is 6.04 Å². The first kappa shape index (κ1) is 15.5. The summed E-state index contributed by atoms with van der Waals surface area (Å²) in [4.78, 5) is 26.2. The Labute approximate surface area is 125 Å². The number of amides is 2. The molecule has 2 amide bonds. The molecule has 2 unspecified atom stereocenters. The predicted octanol–water partition coefficient (Wildman–Crippen LogP) is 1.83. The number of carbonyl (C=O) groups excluding carboxylic acids is 2. The molecule has 0 saturated carbocycles. The third kappa shape index (κ3) is 3.08. The highest BCUT2D eigenvalue weighted by atomic mass is 16.2. The van der Waals surface area contributed by atoms with Crippen molar-refractivity contribution in [3.8, 4) is 0 Å². The summed E-state index contributed by atoms with van der Waals surface area (Å²) in [6.45, 7) is 9.05. The van der Waals surface area contributed by atoms with Gasteiger partial charge < -0.3 is 10.2 Å². The van der Waals surface area contributed by atoms with Crippen molar-refractivity contribution >= 4 is 17.5 Å². The van der Waals surface area contributed by atoms with Gasteiger partial charge in [-0.15, -0.1) is 0 Å². The van der Waals surface area contributed by atoms with Crippen molar-refractivity contribution in [3.05, 3.63) is 29.3 Å². The summed E-state index contributed by atoms with van der Waals surface area (Å²) in [6.07, 6.45) is 0. The van der Waals surface area contributed by atoms with Crippen LogP contribution in [0.25, 0.3) is 0 Å². The van der Waals surface area contributed by atoms with E-state index in [9.17, 15) is 9.59 Å². The van der Waals surface area contributed by atoms with Gasteiger partial charge in [-0.25, -0.2) is 0 Å². The number of nitrogens with zero attached hydrogens (tertiary/aromatic N) is 1. The van der Waals surface area contributed by atoms with Gasteiger partial charge in [0, 0.05) is 24.3 Å². The number of likely N-dealkylation sites (N-methyl/N-ethyl adjacent to an activating group) is 1. The first-order chi connectivity index (χ1) is 9.97. The number of hydrogen-bond donors (Lipinski definition) is 2. The molecule has 2 N–H and O–H groups in total. The average molecular weight is 289 g/mol. The van der Waals surface area contributed by atoms with Gasteiger partial charge in [0.2, 0.25) is 11.8 Å². The van der Waals surface area contributed by atoms with E-state index in [0.29, 0.717) is 13.1 Å². The van der Waals surface area contributed by atoms with E-state index in [2.05, 4.69) is 10.6 Å². The molecule has 1 aliphatic heterocycles. The lowest BCUT2D eigenvalue weighted by molar-refractivity contribution is -0.133. The number of fused-ring (bicyclic) bond motifs is 1. The summed E-state index contributed by atoms with van der Waals surface area (Å²) in [5.41, 5.74) is 2.84. The Kier molecular flexibility index (Phi) is 4.63. The minimum atomic E-state index is -0.464. The lowest BCUT2D eigenvalue weighted by Gasteiger charge is -2.25. The third-order valence-corrected chi connectivity index (χ3v) is 3.90. The van der Waals surface area contributed by atoms with Crippen molar-refractivity contribution in [1.82, 2.24) is 10.2 Å². The molecular formula is C16H23N3O2. The second kappa shape index (κ2) is 6.26. The van der Waals surface area contributed by atoms with Gasteiger partial charge in [-0.3, -0.25) is 14.9 Å². The highest BCUT2D eigenvalue weighted by Crippen LogP contribution is 2.31. The van der Waals surface area contributed by atoms with E-state index in [1.165, 1.54) is 0 Å². The van der Waals surface area contributed by atoms with E-state index in [4.69, 9.17) is 0 Å². The number of nitrogens with one attached hydrogen (secondary N) is 2. The van der Waals surface area contributed by atoms with Crippen LogP contribution in [0.4, 0.5) is 5.69 Å². The quantitative estimate of drug-likeness (QED) is 0.869. The zero-order valence-corrected chi connectivity index (χ0v) is 13.1. The Morgan fingerprint density at radius 2 is 2.05 bits per heavy atom. The largest absolute Gasteiger partial charge is 0.342 e. The van der Waals surface area contributed by atoms with E-state index >= 15 is 0 Å². The van der Waals surface area contributed by atoms with Crippen LogP contribution in [0.3, 0.4) is 0 Å². The zero-order chi connectivity index (χ0) is 15.6. The molecular weight excluding hydrogens is 266 g/mol. The summed E-state index contributed by atoms with van der Waals surface area (Å²) < 4.78 is 0. The fourth-order valence-electron chi connectivity index (χ4n) is 2.68. The van der Waals surface area contributed by atoms with Crippen LogP contribution in [0.1, 0.15) is 37.9 Å². The molecule has 1 heterocycles. The molecule has 0 radical (unpaired) electrons. The maximum absolute atomic E-state index is 12.3. The van der Waals surface area contributed by atoms with Crippen molar-refractivity contribution in [2.75, 3.05) is 18.4 Å². The highest BCUT2D eigenvalue weighted by molar-refractivity contribution is 6.03. The van der Waals surface area contributed by atoms with Crippen molar-refractivity contribution in [1.29, 1.82) is 0 Å². The zero-order valence-electron chi connectivity index (χ0n) is 13.1. The van der Waals surface area contributed by atoms with E-state index in [-0.39, 0.29) is 11.8 Å². The van der Waals surface area contributed by atoms with E-state index in [0.717, 1.165) is 16.8 Å². The van der Waals surface area contributed by atoms with Crippen LogP contribution in [-0.4, -0.2) is 35.8 Å². The smallest absolute Gasteiger partial charge is 0.246 e. The number of rotatable bonds is 5. The molecule has 2 atom stereocenters. The summed E-state index contributed by atoms with van der Waals surface area (Å²) in [5.74, 6) is -0.0799. The van der Waals surface area contributed by atoms with Crippen LogP contribution in [0.2, 0.25) is 0 Å². The second-order valence-electron chi connectivity index (χ2n) is 5.41. The fourth-order valence-corrected chi connectivity index (χ4v) is 2.68. The van der Waals surface area contributed by atoms with Gasteiger partial charge in [-0.05, 0) is 33.8 Å². The van der Waals surface area contributed by atoms with Gasteiger partial charge in [0.1, 0.15) is 6.04 Å². The summed E-state index contributed by atoms with van der Waals surface area (Å²) >= 11 is 0. The van der Waals surface area contributed by atoms with Crippen LogP contribution in [0, 0.1) is 6.92 Å². The van der Waals surface area contributed by atoms with Crippen LogP contribution in [0.15, 0.2) is 18.2 Å². The Morgan fingerprint density at radius 1 is 1.38 bits per heavy atom. The third-order valence-electron chi connectivity index (χ3n) is 3.90. The normalized spacial score (nSPS) is 18.1. The lowest BCUT2D eigenvalue weighted by atomic mass is 10.0. The molecule has 5 nitrogen and oxygen atoms in total. The average Bonchev–Trinajstić information content (AvgIpc) is 2.76. The molecule has 114 valence electrons. The molecule has 1 aliphatic rings. The van der Waals surface area contributed by atoms with Gasteiger partial charge in [-0.2, -0.15) is 0 Å². The molecule has 0 bridgehead atoms. The van der Waals surface area contributed by atoms with Gasteiger partial charge in [-0.1, -0.05) is 17.7 Å². The molecule has 21 heavy (non-hydrogen) atoms. The van der Waals surface area contributed by atoms with Gasteiger partial charge in [0.15, 0.2) is 0 Å². The predicted molar refractivity (Wildman–Crippen MR) is 83.1 cm³/mol. The first-order valence-electron chi connectivity index (χ1n) is 7.44. The number of benzene rings is 1. The Balaban J connectivity index is 2.15. The van der Waals surface area contributed by atoms with Crippen LogP contribution in [0.5, 0.6) is 0 Å². The standard InChI is InChI=1S/C16H23N3O2/c1-5-19(6-2)16(21)11(4)17-14-12-9-10(3)7-8-13(12)18-15(14)20/h7-9,11,14,17H,5-6H2,1-4H3,(H,18,20). The van der Waals surface area contributed by atoms with Crippen molar-refractivity contribution in [2.24, 2.45) is 0 Å². The van der Waals surface area contributed by atoms with Crippen LogP contribution >= 0.6 is 0 Å². The Hall–Kier alpha value is -1.88. The van der Waals surface area contributed by atoms with Gasteiger partial charge >= 0.3 is 0 Å². The van der Waals surface area contributed by atoms with Crippen molar-refractivity contribution in [3.63, 3.8) is 0 Å². The summed E-state index contributed by atoms with van der Waals surface area (Å²) in [6, 6.07) is 4.99. The number of aryl methyl sites for hydroxylation is 1. The fraction of sp³-hybridized carbons (Fsp3) is 0.500. The Morgan fingerprint density at radius 3 is 2.67 bits per heavy atom. The summed E-state index contributed by atoms with van der Waals surface area (Å²) in [5, 5.41) is 6.01. The topological polar surface area (TPSA) is 61.4 Å². The lowest BCUT2D eigenvalue weighted by Crippen LogP contribution is -2.47. The minimum Gasteiger partial charge on any atom is -0.342 e. The highest BCUT2D eigenvalue weighted by Gasteiger charge is 2.33. The monoisotopic (exact) mass is 289 g/mol. The van der Waals surface area contributed by atoms with Gasteiger partial charge in [0.25, 0.3) is 0 Å². The SMILES string of the molecule is CCN(CC)C(=O)C(C)NC1C(=O)Nc2ccc(C)cc21. The van der Waals surface area contributed by atoms with Crippen molar-refractivity contribution in [2.45, 2.75) is 39.8 Å². The first-order valence-corrected chi connectivity index (χ1v) is 7.44. The number of anilines is 1. The molecule has 1 aromatic carbocycles. The number of hydrogen-bond acceptors (Lipinski definition) is 3. The number of carbonyl (C=O) groups is 2.